The van der Waals surface area contributed by atoms with Crippen molar-refractivity contribution in [2.24, 2.45) is 0 Å². The van der Waals surface area contributed by atoms with Crippen molar-refractivity contribution in [3.8, 4) is 0 Å². The number of nitrogens with zero attached hydrogens (tertiary/aromatic N) is 2. The third kappa shape index (κ3) is 5.22. The number of benzene rings is 2. The van der Waals surface area contributed by atoms with Crippen molar-refractivity contribution in [3.63, 3.8) is 0 Å². The Balaban J connectivity index is 1.78. The average molecular weight is 510 g/mol. The molecule has 180 valence electrons. The molecule has 0 spiro atoms. The van der Waals surface area contributed by atoms with Gasteiger partial charge in [0.15, 0.2) is 0 Å². The van der Waals surface area contributed by atoms with Crippen LogP contribution in [0.5, 0.6) is 0 Å². The Morgan fingerprint density at radius 2 is 1.57 bits per heavy atom. The van der Waals surface area contributed by atoms with Crippen molar-refractivity contribution < 1.29 is 31.1 Å². The molecule has 35 heavy (non-hydrogen) atoms. The Morgan fingerprint density at radius 1 is 0.857 bits per heavy atom. The summed E-state index contributed by atoms with van der Waals surface area (Å²) >= 11 is 6.16. The predicted molar refractivity (Wildman–Crippen MR) is 117 cm³/mol. The number of rotatable bonds is 4. The highest BCUT2D eigenvalue weighted by Crippen LogP contribution is 2.37. The van der Waals surface area contributed by atoms with Crippen LogP contribution in [0.2, 0.25) is 5.02 Å². The van der Waals surface area contributed by atoms with Gasteiger partial charge in [0.05, 0.1) is 33.4 Å². The zero-order valence-corrected chi connectivity index (χ0v) is 18.2. The first-order valence-electron chi connectivity index (χ1n) is 9.99. The molecule has 4 aromatic rings. The molecule has 0 bridgehead atoms. The number of halogens is 7. The summed E-state index contributed by atoms with van der Waals surface area (Å²) in [5, 5.41) is 3.23. The molecule has 0 fully saturated rings. The molecule has 1 atom stereocenters. The molecule has 11 heteroatoms. The highest BCUT2D eigenvalue weighted by molar-refractivity contribution is 6.35. The first-order valence-corrected chi connectivity index (χ1v) is 10.4. The van der Waals surface area contributed by atoms with E-state index in [0.29, 0.717) is 15.9 Å². The van der Waals surface area contributed by atoms with Gasteiger partial charge >= 0.3 is 12.4 Å². The van der Waals surface area contributed by atoms with E-state index in [9.17, 15) is 31.1 Å². The first kappa shape index (κ1) is 24.5. The second-order valence-electron chi connectivity index (χ2n) is 7.48. The van der Waals surface area contributed by atoms with Gasteiger partial charge < -0.3 is 5.32 Å². The van der Waals surface area contributed by atoms with Gasteiger partial charge in [-0.1, -0.05) is 23.7 Å². The Hall–Kier alpha value is -3.66. The number of carbonyl (C=O) groups is 1. The Morgan fingerprint density at radius 3 is 2.23 bits per heavy atom. The number of hydrogen-bond acceptors (Lipinski definition) is 3. The third-order valence-electron chi connectivity index (χ3n) is 5.21. The SMILES string of the molecule is O=C(NC(c1ccc(C(F)(F)F)cc1)c1ncccc1C(F)(F)F)c1ccc2nccc(Cl)c2c1. The molecule has 1 N–H and O–H groups in total. The van der Waals surface area contributed by atoms with Gasteiger partial charge in [0, 0.05) is 23.3 Å². The van der Waals surface area contributed by atoms with Crippen LogP contribution in [0.3, 0.4) is 0 Å². The van der Waals surface area contributed by atoms with Crippen LogP contribution in [-0.2, 0) is 12.4 Å². The maximum Gasteiger partial charge on any atom is 0.418 e. The van der Waals surface area contributed by atoms with Gasteiger partial charge in [-0.3, -0.25) is 14.8 Å². The van der Waals surface area contributed by atoms with E-state index in [-0.39, 0.29) is 11.1 Å². The monoisotopic (exact) mass is 509 g/mol. The summed E-state index contributed by atoms with van der Waals surface area (Å²) in [5.41, 5.74) is -2.13. The molecule has 0 aliphatic rings. The molecule has 4 rings (SSSR count). The number of alkyl halides is 6. The van der Waals surface area contributed by atoms with Crippen molar-refractivity contribution in [3.05, 3.63) is 106 Å². The van der Waals surface area contributed by atoms with Crippen molar-refractivity contribution >= 4 is 28.4 Å². The first-order chi connectivity index (χ1) is 16.4. The number of aromatic nitrogens is 2. The van der Waals surface area contributed by atoms with E-state index < -0.39 is 41.1 Å². The van der Waals surface area contributed by atoms with E-state index in [1.807, 2.05) is 0 Å². The van der Waals surface area contributed by atoms with Crippen LogP contribution in [0.4, 0.5) is 26.3 Å². The zero-order chi connectivity index (χ0) is 25.4. The molecule has 2 aromatic heterocycles. The number of hydrogen-bond donors (Lipinski definition) is 1. The highest BCUT2D eigenvalue weighted by atomic mass is 35.5. The molecule has 2 heterocycles. The van der Waals surface area contributed by atoms with Gasteiger partial charge in [0.1, 0.15) is 0 Å². The average Bonchev–Trinajstić information content (AvgIpc) is 2.81. The second-order valence-corrected chi connectivity index (χ2v) is 7.89. The van der Waals surface area contributed by atoms with E-state index in [1.165, 1.54) is 30.5 Å². The molecule has 0 aliphatic heterocycles. The van der Waals surface area contributed by atoms with Crippen LogP contribution in [0.15, 0.2) is 73.1 Å². The van der Waals surface area contributed by atoms with Crippen molar-refractivity contribution in [1.82, 2.24) is 15.3 Å². The Labute approximate surface area is 199 Å². The fourth-order valence-corrected chi connectivity index (χ4v) is 3.74. The lowest BCUT2D eigenvalue weighted by Gasteiger charge is -2.23. The van der Waals surface area contributed by atoms with Crippen molar-refractivity contribution in [2.45, 2.75) is 18.4 Å². The number of fused-ring (bicyclic) bond motifs is 1. The molecule has 2 aromatic carbocycles. The van der Waals surface area contributed by atoms with E-state index in [2.05, 4.69) is 15.3 Å². The number of pyridine rings is 2. The van der Waals surface area contributed by atoms with Gasteiger partial charge in [-0.25, -0.2) is 0 Å². The molecular formula is C24H14ClF6N3O. The zero-order valence-electron chi connectivity index (χ0n) is 17.5. The summed E-state index contributed by atoms with van der Waals surface area (Å²) in [5.74, 6) is -0.782. The molecule has 1 amide bonds. The fraction of sp³-hybridized carbons (Fsp3) is 0.125. The second kappa shape index (κ2) is 9.18. The smallest absolute Gasteiger partial charge is 0.340 e. The highest BCUT2D eigenvalue weighted by Gasteiger charge is 2.37. The van der Waals surface area contributed by atoms with Crippen LogP contribution in [0.1, 0.15) is 38.8 Å². The van der Waals surface area contributed by atoms with Gasteiger partial charge in [-0.05, 0) is 54.1 Å². The third-order valence-corrected chi connectivity index (χ3v) is 5.54. The van der Waals surface area contributed by atoms with E-state index >= 15 is 0 Å². The fourth-order valence-electron chi connectivity index (χ4n) is 3.53. The predicted octanol–water partition coefficient (Wildman–Crippen LogP) is 6.84. The summed E-state index contributed by atoms with van der Waals surface area (Å²) in [4.78, 5) is 21.0. The molecule has 0 aliphatic carbocycles. The molecule has 0 saturated heterocycles. The molecular weight excluding hydrogens is 496 g/mol. The molecule has 0 saturated carbocycles. The van der Waals surface area contributed by atoms with E-state index in [0.717, 1.165) is 42.6 Å². The summed E-state index contributed by atoms with van der Waals surface area (Å²) < 4.78 is 80.1. The summed E-state index contributed by atoms with van der Waals surface area (Å²) in [6.07, 6.45) is -6.88. The Bertz CT molecular complexity index is 1390. The lowest BCUT2D eigenvalue weighted by molar-refractivity contribution is -0.139. The van der Waals surface area contributed by atoms with Crippen molar-refractivity contribution in [1.29, 1.82) is 0 Å². The summed E-state index contributed by atoms with van der Waals surface area (Å²) in [6, 6.07) is 9.70. The number of carbonyl (C=O) groups excluding carboxylic acids is 1. The van der Waals surface area contributed by atoms with Crippen LogP contribution < -0.4 is 5.32 Å². The van der Waals surface area contributed by atoms with E-state index in [4.69, 9.17) is 11.6 Å². The molecule has 4 nitrogen and oxygen atoms in total. The Kier molecular flexibility index (Phi) is 6.42. The maximum atomic E-state index is 13.7. The normalized spacial score (nSPS) is 13.0. The van der Waals surface area contributed by atoms with Gasteiger partial charge in [0.25, 0.3) is 5.91 Å². The number of nitrogens with one attached hydrogen (secondary N) is 1. The quantitative estimate of drug-likeness (QED) is 0.306. The number of amides is 1. The largest absolute Gasteiger partial charge is 0.418 e. The van der Waals surface area contributed by atoms with Crippen LogP contribution in [0.25, 0.3) is 10.9 Å². The summed E-state index contributed by atoms with van der Waals surface area (Å²) in [7, 11) is 0. The van der Waals surface area contributed by atoms with Gasteiger partial charge in [0.2, 0.25) is 0 Å². The summed E-state index contributed by atoms with van der Waals surface area (Å²) in [6.45, 7) is 0. The lowest BCUT2D eigenvalue weighted by atomic mass is 9.97. The minimum atomic E-state index is -4.82. The van der Waals surface area contributed by atoms with Crippen LogP contribution in [0, 0.1) is 0 Å². The van der Waals surface area contributed by atoms with Crippen LogP contribution >= 0.6 is 11.6 Å². The topological polar surface area (TPSA) is 54.9 Å². The van der Waals surface area contributed by atoms with E-state index in [1.54, 1.807) is 0 Å². The van der Waals surface area contributed by atoms with Gasteiger partial charge in [-0.15, -0.1) is 0 Å². The van der Waals surface area contributed by atoms with Crippen LogP contribution in [-0.4, -0.2) is 15.9 Å². The minimum Gasteiger partial charge on any atom is -0.340 e. The minimum absolute atomic E-state index is 0.0176. The molecule has 0 radical (unpaired) electrons. The lowest BCUT2D eigenvalue weighted by Crippen LogP contribution is -2.31. The van der Waals surface area contributed by atoms with Crippen molar-refractivity contribution in [2.75, 3.05) is 0 Å². The standard InChI is InChI=1S/C24H14ClF6N3O/c25-18-9-11-32-19-8-5-14(12-16(18)19)22(35)34-20(13-3-6-15(7-4-13)23(26,27)28)21-17(24(29,30)31)2-1-10-33-21/h1-12,20H,(H,34,35). The van der Waals surface area contributed by atoms with Gasteiger partial charge in [-0.2, -0.15) is 26.3 Å². The maximum absolute atomic E-state index is 13.7. The molecule has 1 unspecified atom stereocenters.